The summed E-state index contributed by atoms with van der Waals surface area (Å²) in [5, 5.41) is 2.52. The molecule has 6 heteroatoms. The van der Waals surface area contributed by atoms with E-state index in [-0.39, 0.29) is 5.41 Å². The van der Waals surface area contributed by atoms with Gasteiger partial charge in [0.2, 0.25) is 0 Å². The Labute approximate surface area is 535 Å². The van der Waals surface area contributed by atoms with Gasteiger partial charge in [0.1, 0.15) is 0 Å². The van der Waals surface area contributed by atoms with Gasteiger partial charge in [0.05, 0.1) is 5.41 Å². The van der Waals surface area contributed by atoms with Gasteiger partial charge in [-0.05, 0) is 118 Å². The molecule has 0 aliphatic heterocycles. The van der Waals surface area contributed by atoms with Crippen LogP contribution in [0.15, 0.2) is 315 Å². The lowest BCUT2D eigenvalue weighted by Gasteiger charge is -2.34. The first-order chi connectivity index (χ1) is 45.3. The maximum Gasteiger partial charge on any atom is 0.164 e. The van der Waals surface area contributed by atoms with Gasteiger partial charge in [-0.2, -0.15) is 0 Å². The summed E-state index contributed by atoms with van der Waals surface area (Å²) in [5.74, 6) is 3.69. The zero-order valence-corrected chi connectivity index (χ0v) is 50.7. The Morgan fingerprint density at radius 1 is 0.217 bits per heavy atom. The van der Waals surface area contributed by atoms with Gasteiger partial charge < -0.3 is 0 Å². The molecule has 2 heterocycles. The topological polar surface area (TPSA) is 77.3 Å². The van der Waals surface area contributed by atoms with E-state index in [1.165, 1.54) is 66.4 Å². The number of nitrogens with zero attached hydrogens (tertiary/aromatic N) is 6. The maximum absolute atomic E-state index is 5.30. The van der Waals surface area contributed by atoms with Crippen molar-refractivity contribution < 1.29 is 0 Å². The zero-order chi connectivity index (χ0) is 61.3. The summed E-state index contributed by atoms with van der Waals surface area (Å²) in [6, 6.07) is 112. The zero-order valence-electron chi connectivity index (χ0n) is 50.7. The average Bonchev–Trinajstić information content (AvgIpc) is 1.53. The molecule has 2 aliphatic rings. The van der Waals surface area contributed by atoms with E-state index in [2.05, 4.69) is 305 Å². The van der Waals surface area contributed by atoms with E-state index in [1.54, 1.807) is 0 Å². The van der Waals surface area contributed by atoms with Gasteiger partial charge in [0.25, 0.3) is 0 Å². The highest BCUT2D eigenvalue weighted by Gasteiger charge is 2.46. The van der Waals surface area contributed by atoms with Gasteiger partial charge >= 0.3 is 0 Å². The first-order valence-electron chi connectivity index (χ1n) is 31.4. The Hall–Kier alpha value is -11.9. The highest BCUT2D eigenvalue weighted by molar-refractivity contribution is 6.03. The van der Waals surface area contributed by atoms with Gasteiger partial charge in [0, 0.05) is 38.8 Å². The average molecular weight is 1180 g/mol. The molecule has 0 saturated carbocycles. The molecule has 0 unspecified atom stereocenters. The highest BCUT2D eigenvalue weighted by Crippen LogP contribution is 2.57. The van der Waals surface area contributed by atoms with Crippen molar-refractivity contribution in [2.24, 2.45) is 0 Å². The van der Waals surface area contributed by atoms with Crippen LogP contribution in [0.1, 0.15) is 47.2 Å². The summed E-state index contributed by atoms with van der Waals surface area (Å²) in [6.07, 6.45) is 0. The third kappa shape index (κ3) is 9.17. The van der Waals surface area contributed by atoms with Crippen LogP contribution in [0.4, 0.5) is 0 Å². The molecule has 17 rings (SSSR count). The predicted octanol–water partition coefficient (Wildman–Crippen LogP) is 20.9. The van der Waals surface area contributed by atoms with Crippen LogP contribution in [0.2, 0.25) is 0 Å². The van der Waals surface area contributed by atoms with Crippen LogP contribution in [0.3, 0.4) is 0 Å². The lowest BCUT2D eigenvalue weighted by molar-refractivity contribution is 0.661. The Morgan fingerprint density at radius 2 is 0.576 bits per heavy atom. The van der Waals surface area contributed by atoms with Crippen molar-refractivity contribution in [1.29, 1.82) is 0 Å². The van der Waals surface area contributed by atoms with Gasteiger partial charge in [-0.25, -0.2) is 29.9 Å². The Bertz CT molecular complexity index is 5280. The third-order valence-electron chi connectivity index (χ3n) is 18.9. The second-order valence-electron chi connectivity index (χ2n) is 24.5. The maximum atomic E-state index is 5.30. The van der Waals surface area contributed by atoms with Gasteiger partial charge in [-0.15, -0.1) is 0 Å². The molecule has 92 heavy (non-hydrogen) atoms. The largest absolute Gasteiger partial charge is 0.208 e. The Kier molecular flexibility index (Phi) is 13.0. The minimum Gasteiger partial charge on any atom is -0.208 e. The Balaban J connectivity index is 0.696. The summed E-state index contributed by atoms with van der Waals surface area (Å²) < 4.78 is 0. The second kappa shape index (κ2) is 22.0. The van der Waals surface area contributed by atoms with Crippen LogP contribution in [0.5, 0.6) is 0 Å². The van der Waals surface area contributed by atoms with Crippen LogP contribution in [0, 0.1) is 0 Å². The minimum absolute atomic E-state index is 0.221. The SMILES string of the molecule is CC1(C)c2cc(-c3nc(-c4ccc(-c5ccccc5)cc4)nc(-c4ccc(-c5cccc(-c6ccc(-c7nc(-c8ccccc8)nc(-c8ccc9c(c8)C(c8ccccc8)(c8ccccc8)c8ccccc8-9)n7)cc6)c5)cc4)n3)ccc2-c2c1ccc1ccccc21. The van der Waals surface area contributed by atoms with Crippen molar-refractivity contribution in [1.82, 2.24) is 29.9 Å². The number of rotatable bonds is 11. The van der Waals surface area contributed by atoms with Gasteiger partial charge in [0.15, 0.2) is 34.9 Å². The fraction of sp³-hybridized carbons (Fsp3) is 0.0465. The van der Waals surface area contributed by atoms with E-state index in [1.807, 2.05) is 24.3 Å². The van der Waals surface area contributed by atoms with E-state index in [9.17, 15) is 0 Å². The van der Waals surface area contributed by atoms with Crippen LogP contribution < -0.4 is 0 Å². The third-order valence-corrected chi connectivity index (χ3v) is 18.9. The van der Waals surface area contributed by atoms with E-state index >= 15 is 0 Å². The molecule has 0 bridgehead atoms. The lowest BCUT2D eigenvalue weighted by atomic mass is 9.67. The fourth-order valence-electron chi connectivity index (χ4n) is 14.3. The molecule has 0 radical (unpaired) electrons. The number of fused-ring (bicyclic) bond motifs is 8. The molecule has 2 aliphatic carbocycles. The van der Waals surface area contributed by atoms with E-state index in [4.69, 9.17) is 29.9 Å². The fourth-order valence-corrected chi connectivity index (χ4v) is 14.3. The number of aromatic nitrogens is 6. The quantitative estimate of drug-likeness (QED) is 0.128. The molecule has 0 amide bonds. The van der Waals surface area contributed by atoms with Crippen LogP contribution in [-0.2, 0) is 10.8 Å². The van der Waals surface area contributed by atoms with Crippen LogP contribution in [-0.4, -0.2) is 29.9 Å². The molecular weight excluding hydrogens is 1120 g/mol. The number of hydrogen-bond acceptors (Lipinski definition) is 6. The monoisotopic (exact) mass is 1170 g/mol. The van der Waals surface area contributed by atoms with Crippen molar-refractivity contribution in [2.75, 3.05) is 0 Å². The van der Waals surface area contributed by atoms with Gasteiger partial charge in [-0.1, -0.05) is 311 Å². The smallest absolute Gasteiger partial charge is 0.164 e. The summed E-state index contributed by atoms with van der Waals surface area (Å²) in [7, 11) is 0. The van der Waals surface area contributed by atoms with Crippen molar-refractivity contribution >= 4 is 10.8 Å². The lowest BCUT2D eigenvalue weighted by Crippen LogP contribution is -2.28. The highest BCUT2D eigenvalue weighted by atomic mass is 15.0. The molecule has 0 saturated heterocycles. The standard InChI is InChI=1S/C86H58N6/c1-85(2)75-51-48-59-22-15-16-31-70(59)78(75)73-50-47-66(53-76(73)85)83-90-81(61-40-34-56(35-41-61)55-20-7-3-8-21-55)88-82(91-83)63-44-38-58(39-45-63)65-26-19-25-64(52-65)57-36-42-62(43-37-57)80-87-79(60-23-9-4-10-24-60)89-84(92-80)67-46-49-72-71-32-17-18-33-74(71)86(77(72)54-67,68-27-11-5-12-28-68)69-29-13-6-14-30-69/h3-54H,1-2H3. The molecule has 0 spiro atoms. The second-order valence-corrected chi connectivity index (χ2v) is 24.5. The van der Waals surface area contributed by atoms with Crippen molar-refractivity contribution in [3.63, 3.8) is 0 Å². The van der Waals surface area contributed by atoms with Crippen molar-refractivity contribution in [3.05, 3.63) is 349 Å². The van der Waals surface area contributed by atoms with Gasteiger partial charge in [-0.3, -0.25) is 0 Å². The first-order valence-corrected chi connectivity index (χ1v) is 31.4. The van der Waals surface area contributed by atoms with Crippen LogP contribution in [0.25, 0.3) is 135 Å². The summed E-state index contributed by atoms with van der Waals surface area (Å²) in [4.78, 5) is 31.4. The molecular formula is C86H58N6. The molecule has 6 nitrogen and oxygen atoms in total. The predicted molar refractivity (Wildman–Crippen MR) is 375 cm³/mol. The van der Waals surface area contributed by atoms with Crippen molar-refractivity contribution in [2.45, 2.75) is 24.7 Å². The first kappa shape index (κ1) is 54.3. The minimum atomic E-state index is -0.561. The molecule has 2 aromatic heterocycles. The van der Waals surface area contributed by atoms with E-state index < -0.39 is 5.41 Å². The van der Waals surface area contributed by atoms with Crippen LogP contribution >= 0.6 is 0 Å². The molecule has 0 atom stereocenters. The van der Waals surface area contributed by atoms with Crippen molar-refractivity contribution in [3.8, 4) is 124 Å². The molecule has 15 aromatic rings. The molecule has 432 valence electrons. The Morgan fingerprint density at radius 3 is 1.11 bits per heavy atom. The number of benzene rings is 13. The molecule has 0 N–H and O–H groups in total. The molecule has 13 aromatic carbocycles. The van der Waals surface area contributed by atoms with E-state index in [0.29, 0.717) is 34.9 Å². The summed E-state index contributed by atoms with van der Waals surface area (Å²) in [5.41, 5.74) is 23.8. The summed E-state index contributed by atoms with van der Waals surface area (Å²) in [6.45, 7) is 4.65. The summed E-state index contributed by atoms with van der Waals surface area (Å²) >= 11 is 0. The number of hydrogen-bond donors (Lipinski definition) is 0. The van der Waals surface area contributed by atoms with E-state index in [0.717, 1.165) is 66.8 Å². The normalized spacial score (nSPS) is 13.1. The molecule has 0 fully saturated rings.